The van der Waals surface area contributed by atoms with Crippen molar-refractivity contribution < 1.29 is 0 Å². The quantitative estimate of drug-likeness (QED) is 0.941. The van der Waals surface area contributed by atoms with Gasteiger partial charge in [-0.3, -0.25) is 4.68 Å². The number of nitrogens with zero attached hydrogens (tertiary/aromatic N) is 4. The van der Waals surface area contributed by atoms with Crippen LogP contribution in [0.1, 0.15) is 60.6 Å². The minimum Gasteiger partial charge on any atom is -0.363 e. The number of rotatable bonds is 4. The molecule has 0 saturated heterocycles. The Kier molecular flexibility index (Phi) is 4.14. The summed E-state index contributed by atoms with van der Waals surface area (Å²) in [6, 6.07) is 0.308. The Morgan fingerprint density at radius 1 is 1.36 bits per heavy atom. The van der Waals surface area contributed by atoms with Crippen LogP contribution in [0.3, 0.4) is 0 Å². The molecule has 0 radical (unpaired) electrons. The van der Waals surface area contributed by atoms with Crippen LogP contribution in [-0.4, -0.2) is 19.7 Å². The van der Waals surface area contributed by atoms with Crippen LogP contribution >= 0.6 is 0 Å². The van der Waals surface area contributed by atoms with E-state index in [0.717, 1.165) is 43.0 Å². The van der Waals surface area contributed by atoms with Crippen LogP contribution in [-0.2, 0) is 19.9 Å². The van der Waals surface area contributed by atoms with Crippen molar-refractivity contribution in [3.05, 3.63) is 34.5 Å². The molecule has 5 heteroatoms. The average molecular weight is 299 g/mol. The van der Waals surface area contributed by atoms with Crippen molar-refractivity contribution in [2.75, 3.05) is 5.32 Å². The molecule has 2 heterocycles. The third-order valence-electron chi connectivity index (χ3n) is 4.46. The van der Waals surface area contributed by atoms with Crippen molar-refractivity contribution in [3.8, 4) is 0 Å². The minimum absolute atomic E-state index is 0.308. The van der Waals surface area contributed by atoms with E-state index in [-0.39, 0.29) is 0 Å². The van der Waals surface area contributed by atoms with Crippen LogP contribution in [0.25, 0.3) is 0 Å². The largest absolute Gasteiger partial charge is 0.363 e. The van der Waals surface area contributed by atoms with Gasteiger partial charge < -0.3 is 5.32 Å². The fourth-order valence-electron chi connectivity index (χ4n) is 3.47. The zero-order chi connectivity index (χ0) is 15.7. The lowest BCUT2D eigenvalue weighted by atomic mass is 9.91. The first-order valence-electron chi connectivity index (χ1n) is 8.21. The molecule has 2 aromatic rings. The average Bonchev–Trinajstić information content (AvgIpc) is 2.78. The molecule has 1 aliphatic carbocycles. The summed E-state index contributed by atoms with van der Waals surface area (Å²) in [7, 11) is 2.05. The molecule has 0 aromatic carbocycles. The maximum atomic E-state index is 4.65. The molecule has 0 spiro atoms. The van der Waals surface area contributed by atoms with E-state index in [1.807, 2.05) is 24.9 Å². The van der Waals surface area contributed by atoms with Crippen molar-refractivity contribution in [3.63, 3.8) is 0 Å². The van der Waals surface area contributed by atoms with Crippen molar-refractivity contribution >= 4 is 5.82 Å². The second-order valence-electron chi connectivity index (χ2n) is 6.20. The Morgan fingerprint density at radius 2 is 2.18 bits per heavy atom. The number of aromatic nitrogens is 4. The van der Waals surface area contributed by atoms with Gasteiger partial charge in [-0.1, -0.05) is 13.3 Å². The Balaban J connectivity index is 1.93. The lowest BCUT2D eigenvalue weighted by molar-refractivity contribution is 0.569. The van der Waals surface area contributed by atoms with Gasteiger partial charge in [0.05, 0.1) is 11.7 Å². The SMILES string of the molecule is CCCc1cnc(C)nc1NC1CCCc2c1c(C)nn2C. The highest BCUT2D eigenvalue weighted by atomic mass is 15.3. The first-order valence-corrected chi connectivity index (χ1v) is 8.21. The number of anilines is 1. The van der Waals surface area contributed by atoms with Crippen LogP contribution in [0.2, 0.25) is 0 Å². The highest BCUT2D eigenvalue weighted by Crippen LogP contribution is 2.34. The van der Waals surface area contributed by atoms with Gasteiger partial charge in [0, 0.05) is 30.1 Å². The molecule has 118 valence electrons. The van der Waals surface area contributed by atoms with Crippen LogP contribution in [0, 0.1) is 13.8 Å². The van der Waals surface area contributed by atoms with Crippen molar-refractivity contribution in [1.82, 2.24) is 19.7 Å². The molecule has 0 amide bonds. The summed E-state index contributed by atoms with van der Waals surface area (Å²) in [5.74, 6) is 1.82. The fraction of sp³-hybridized carbons (Fsp3) is 0.588. The molecule has 5 nitrogen and oxygen atoms in total. The smallest absolute Gasteiger partial charge is 0.133 e. The Labute approximate surface area is 132 Å². The monoisotopic (exact) mass is 299 g/mol. The molecule has 0 fully saturated rings. The molecule has 0 saturated carbocycles. The van der Waals surface area contributed by atoms with Gasteiger partial charge in [-0.2, -0.15) is 5.10 Å². The molecule has 22 heavy (non-hydrogen) atoms. The molecule has 0 aliphatic heterocycles. The standard InChI is InChI=1S/C17H25N5/c1-5-7-13-10-18-12(3)19-17(13)20-14-8-6-9-15-16(14)11(2)21-22(15)4/h10,14H,5-9H2,1-4H3,(H,18,19,20). The summed E-state index contributed by atoms with van der Waals surface area (Å²) in [4.78, 5) is 9.00. The maximum Gasteiger partial charge on any atom is 0.133 e. The Hall–Kier alpha value is -1.91. The molecular weight excluding hydrogens is 274 g/mol. The zero-order valence-corrected chi connectivity index (χ0v) is 14.0. The van der Waals surface area contributed by atoms with E-state index in [0.29, 0.717) is 6.04 Å². The predicted octanol–water partition coefficient (Wildman–Crippen LogP) is 3.27. The minimum atomic E-state index is 0.308. The van der Waals surface area contributed by atoms with E-state index in [9.17, 15) is 0 Å². The molecule has 1 N–H and O–H groups in total. The van der Waals surface area contributed by atoms with E-state index in [4.69, 9.17) is 0 Å². The predicted molar refractivity (Wildman–Crippen MR) is 88.0 cm³/mol. The van der Waals surface area contributed by atoms with Crippen LogP contribution < -0.4 is 5.32 Å². The molecule has 0 bridgehead atoms. The van der Waals surface area contributed by atoms with Gasteiger partial charge in [0.2, 0.25) is 0 Å². The first kappa shape index (κ1) is 15.0. The molecular formula is C17H25N5. The molecule has 1 unspecified atom stereocenters. The third kappa shape index (κ3) is 2.72. The van der Waals surface area contributed by atoms with Crippen molar-refractivity contribution in [1.29, 1.82) is 0 Å². The van der Waals surface area contributed by atoms with E-state index < -0.39 is 0 Å². The van der Waals surface area contributed by atoms with E-state index in [1.165, 1.54) is 23.2 Å². The van der Waals surface area contributed by atoms with Gasteiger partial charge in [0.25, 0.3) is 0 Å². The summed E-state index contributed by atoms with van der Waals surface area (Å²) in [6.45, 7) is 6.24. The maximum absolute atomic E-state index is 4.65. The van der Waals surface area contributed by atoms with Crippen molar-refractivity contribution in [2.45, 2.75) is 58.9 Å². The van der Waals surface area contributed by atoms with Gasteiger partial charge in [-0.05, 0) is 39.5 Å². The number of nitrogens with one attached hydrogen (secondary N) is 1. The second-order valence-corrected chi connectivity index (χ2v) is 6.20. The third-order valence-corrected chi connectivity index (χ3v) is 4.46. The van der Waals surface area contributed by atoms with Crippen LogP contribution in [0.5, 0.6) is 0 Å². The molecule has 1 atom stereocenters. The molecule has 2 aromatic heterocycles. The summed E-state index contributed by atoms with van der Waals surface area (Å²) in [5, 5.41) is 8.29. The molecule has 1 aliphatic rings. The number of fused-ring (bicyclic) bond motifs is 1. The number of hydrogen-bond donors (Lipinski definition) is 1. The zero-order valence-electron chi connectivity index (χ0n) is 14.0. The Morgan fingerprint density at radius 3 is 2.95 bits per heavy atom. The summed E-state index contributed by atoms with van der Waals surface area (Å²) >= 11 is 0. The van der Waals surface area contributed by atoms with Gasteiger partial charge in [-0.25, -0.2) is 9.97 Å². The second kappa shape index (κ2) is 6.07. The summed E-state index contributed by atoms with van der Waals surface area (Å²) in [6.07, 6.45) is 7.52. The lowest BCUT2D eigenvalue weighted by Crippen LogP contribution is -2.20. The van der Waals surface area contributed by atoms with Crippen LogP contribution in [0.15, 0.2) is 6.20 Å². The normalized spacial score (nSPS) is 17.4. The van der Waals surface area contributed by atoms with Gasteiger partial charge in [-0.15, -0.1) is 0 Å². The highest BCUT2D eigenvalue weighted by Gasteiger charge is 2.26. The molecule has 3 rings (SSSR count). The summed E-state index contributed by atoms with van der Waals surface area (Å²) in [5.41, 5.74) is 5.08. The van der Waals surface area contributed by atoms with Gasteiger partial charge >= 0.3 is 0 Å². The topological polar surface area (TPSA) is 55.6 Å². The van der Waals surface area contributed by atoms with Crippen molar-refractivity contribution in [2.24, 2.45) is 7.05 Å². The van der Waals surface area contributed by atoms with E-state index >= 15 is 0 Å². The fourth-order valence-corrected chi connectivity index (χ4v) is 3.47. The van der Waals surface area contributed by atoms with E-state index in [1.54, 1.807) is 0 Å². The lowest BCUT2D eigenvalue weighted by Gasteiger charge is -2.26. The van der Waals surface area contributed by atoms with Gasteiger partial charge in [0.15, 0.2) is 0 Å². The highest BCUT2D eigenvalue weighted by molar-refractivity contribution is 5.47. The number of hydrogen-bond acceptors (Lipinski definition) is 4. The Bertz CT molecular complexity index is 674. The van der Waals surface area contributed by atoms with Crippen LogP contribution in [0.4, 0.5) is 5.82 Å². The number of aryl methyl sites for hydroxylation is 4. The summed E-state index contributed by atoms with van der Waals surface area (Å²) < 4.78 is 2.04. The van der Waals surface area contributed by atoms with E-state index in [2.05, 4.69) is 34.2 Å². The first-order chi connectivity index (χ1) is 10.6. The van der Waals surface area contributed by atoms with Gasteiger partial charge in [0.1, 0.15) is 11.6 Å².